The second-order valence-corrected chi connectivity index (χ2v) is 7.98. The molecule has 3 aromatic heterocycles. The molecule has 0 spiro atoms. The largest absolute Gasteiger partial charge is 0.346 e. The van der Waals surface area contributed by atoms with Gasteiger partial charge in [-0.1, -0.05) is 0 Å². The quantitative estimate of drug-likeness (QED) is 0.553. The van der Waals surface area contributed by atoms with E-state index in [2.05, 4.69) is 39.2 Å². The maximum absolute atomic E-state index is 12.8. The first kappa shape index (κ1) is 19.1. The van der Waals surface area contributed by atoms with Crippen molar-refractivity contribution in [3.8, 4) is 17.3 Å². The van der Waals surface area contributed by atoms with Crippen molar-refractivity contribution < 1.29 is 4.79 Å². The second-order valence-electron chi connectivity index (χ2n) is 7.98. The van der Waals surface area contributed by atoms with Crippen molar-refractivity contribution in [3.63, 3.8) is 0 Å². The summed E-state index contributed by atoms with van der Waals surface area (Å²) in [5.41, 5.74) is 5.21. The average Bonchev–Trinajstić information content (AvgIpc) is 3.49. The Balaban J connectivity index is 1.23. The molecule has 4 aromatic rings. The third-order valence-corrected chi connectivity index (χ3v) is 6.04. The van der Waals surface area contributed by atoms with Gasteiger partial charge in [0, 0.05) is 43.2 Å². The van der Waals surface area contributed by atoms with E-state index in [-0.39, 0.29) is 5.91 Å². The highest BCUT2D eigenvalue weighted by Gasteiger charge is 2.24. The van der Waals surface area contributed by atoms with Crippen LogP contribution >= 0.6 is 0 Å². The SMILES string of the molecule is N#Cc1ccc(C(=O)N2CCC(Cn3ccc4nc(-c5cn[nH]c5)ccc43)CC2)cc1. The third kappa shape index (κ3) is 3.80. The lowest BCUT2D eigenvalue weighted by atomic mass is 9.96. The minimum absolute atomic E-state index is 0.0466. The summed E-state index contributed by atoms with van der Waals surface area (Å²) in [7, 11) is 0. The number of amides is 1. The van der Waals surface area contributed by atoms with Crippen molar-refractivity contribution in [2.24, 2.45) is 5.92 Å². The predicted molar refractivity (Wildman–Crippen MR) is 117 cm³/mol. The van der Waals surface area contributed by atoms with Gasteiger partial charge in [-0.3, -0.25) is 9.89 Å². The van der Waals surface area contributed by atoms with Gasteiger partial charge < -0.3 is 9.47 Å². The number of H-pyrrole nitrogens is 1. The number of carbonyl (C=O) groups excluding carboxylic acids is 1. The summed E-state index contributed by atoms with van der Waals surface area (Å²) in [5.74, 6) is 0.569. The minimum Gasteiger partial charge on any atom is -0.346 e. The number of rotatable bonds is 4. The highest BCUT2D eigenvalue weighted by Crippen LogP contribution is 2.25. The fourth-order valence-corrected chi connectivity index (χ4v) is 4.25. The van der Waals surface area contributed by atoms with Gasteiger partial charge in [0.2, 0.25) is 0 Å². The Bertz CT molecular complexity index is 1240. The monoisotopic (exact) mass is 410 g/mol. The third-order valence-electron chi connectivity index (χ3n) is 6.04. The van der Waals surface area contributed by atoms with Crippen LogP contribution in [-0.2, 0) is 6.54 Å². The van der Waals surface area contributed by atoms with E-state index in [1.165, 1.54) is 0 Å². The fraction of sp³-hybridized carbons (Fsp3) is 0.250. The second kappa shape index (κ2) is 8.07. The van der Waals surface area contributed by atoms with Crippen molar-refractivity contribution in [1.29, 1.82) is 5.26 Å². The van der Waals surface area contributed by atoms with E-state index >= 15 is 0 Å². The van der Waals surface area contributed by atoms with Crippen LogP contribution in [-0.4, -0.2) is 43.6 Å². The van der Waals surface area contributed by atoms with Crippen molar-refractivity contribution in [1.82, 2.24) is 24.6 Å². The van der Waals surface area contributed by atoms with Gasteiger partial charge in [-0.25, -0.2) is 4.98 Å². The molecule has 0 unspecified atom stereocenters. The Hall–Kier alpha value is -3.92. The molecule has 1 aliphatic rings. The van der Waals surface area contributed by atoms with Gasteiger partial charge in [-0.05, 0) is 61.2 Å². The summed E-state index contributed by atoms with van der Waals surface area (Å²) >= 11 is 0. The standard InChI is InChI=1S/C24H22N6O/c25-13-17-1-3-19(4-2-17)24(31)29-10-7-18(8-11-29)16-30-12-9-22-23(30)6-5-21(28-22)20-14-26-27-15-20/h1-6,9,12,14-15,18H,7-8,10-11,16H2,(H,26,27). The number of piperidine rings is 1. The van der Waals surface area contributed by atoms with Gasteiger partial charge in [0.05, 0.1) is 34.6 Å². The zero-order valence-electron chi connectivity index (χ0n) is 17.0. The summed E-state index contributed by atoms with van der Waals surface area (Å²) in [6.45, 7) is 2.44. The van der Waals surface area contributed by atoms with E-state index in [0.29, 0.717) is 17.0 Å². The lowest BCUT2D eigenvalue weighted by Gasteiger charge is -2.32. The Morgan fingerprint density at radius 3 is 2.65 bits per heavy atom. The van der Waals surface area contributed by atoms with Gasteiger partial charge >= 0.3 is 0 Å². The Labute approximate surface area is 179 Å². The molecular formula is C24H22N6O. The molecule has 154 valence electrons. The number of nitrogens with zero attached hydrogens (tertiary/aromatic N) is 5. The minimum atomic E-state index is 0.0466. The number of aromatic nitrogens is 4. The molecule has 1 N–H and O–H groups in total. The smallest absolute Gasteiger partial charge is 0.253 e. The molecule has 5 rings (SSSR count). The number of hydrogen-bond donors (Lipinski definition) is 1. The predicted octanol–water partition coefficient (Wildman–Crippen LogP) is 3.85. The zero-order valence-corrected chi connectivity index (χ0v) is 17.0. The Morgan fingerprint density at radius 2 is 1.94 bits per heavy atom. The van der Waals surface area contributed by atoms with E-state index in [4.69, 9.17) is 10.2 Å². The molecule has 31 heavy (non-hydrogen) atoms. The van der Waals surface area contributed by atoms with Gasteiger partial charge in [0.25, 0.3) is 5.91 Å². The maximum Gasteiger partial charge on any atom is 0.253 e. The Kier molecular flexibility index (Phi) is 4.97. The lowest BCUT2D eigenvalue weighted by Crippen LogP contribution is -2.39. The van der Waals surface area contributed by atoms with Crippen LogP contribution in [0.5, 0.6) is 0 Å². The first-order valence-electron chi connectivity index (χ1n) is 10.5. The lowest BCUT2D eigenvalue weighted by molar-refractivity contribution is 0.0683. The van der Waals surface area contributed by atoms with Crippen LogP contribution in [0.2, 0.25) is 0 Å². The van der Waals surface area contributed by atoms with Gasteiger partial charge in [0.15, 0.2) is 0 Å². The van der Waals surface area contributed by atoms with Crippen molar-refractivity contribution in [2.45, 2.75) is 19.4 Å². The van der Waals surface area contributed by atoms with Gasteiger partial charge in [-0.2, -0.15) is 10.4 Å². The summed E-state index contributed by atoms with van der Waals surface area (Å²) in [6, 6.07) is 15.2. The van der Waals surface area contributed by atoms with Crippen LogP contribution in [0, 0.1) is 17.2 Å². The van der Waals surface area contributed by atoms with Crippen LogP contribution < -0.4 is 0 Å². The van der Waals surface area contributed by atoms with Crippen LogP contribution in [0.15, 0.2) is 61.1 Å². The number of aromatic amines is 1. The van der Waals surface area contributed by atoms with Gasteiger partial charge in [0.1, 0.15) is 0 Å². The number of nitriles is 1. The number of nitrogens with one attached hydrogen (secondary N) is 1. The van der Waals surface area contributed by atoms with Crippen molar-refractivity contribution in [3.05, 3.63) is 72.2 Å². The normalized spacial score (nSPS) is 14.6. The van der Waals surface area contributed by atoms with Gasteiger partial charge in [-0.15, -0.1) is 0 Å². The van der Waals surface area contributed by atoms with E-state index in [0.717, 1.165) is 54.8 Å². The highest BCUT2D eigenvalue weighted by atomic mass is 16.2. The summed E-state index contributed by atoms with van der Waals surface area (Å²) in [5, 5.41) is 15.7. The molecule has 1 saturated heterocycles. The number of benzene rings is 1. The number of likely N-dealkylation sites (tertiary alicyclic amines) is 1. The Morgan fingerprint density at radius 1 is 1.13 bits per heavy atom. The number of fused-ring (bicyclic) bond motifs is 1. The van der Waals surface area contributed by atoms with E-state index in [1.807, 2.05) is 17.2 Å². The van der Waals surface area contributed by atoms with Crippen LogP contribution in [0.3, 0.4) is 0 Å². The topological polar surface area (TPSA) is 90.6 Å². The molecule has 0 aliphatic carbocycles. The molecule has 1 aliphatic heterocycles. The van der Waals surface area contributed by atoms with E-state index < -0.39 is 0 Å². The summed E-state index contributed by atoms with van der Waals surface area (Å²) < 4.78 is 2.27. The highest BCUT2D eigenvalue weighted by molar-refractivity contribution is 5.94. The molecule has 1 amide bonds. The maximum atomic E-state index is 12.8. The van der Waals surface area contributed by atoms with E-state index in [1.54, 1.807) is 30.5 Å². The van der Waals surface area contributed by atoms with Crippen molar-refractivity contribution in [2.75, 3.05) is 13.1 Å². The first-order chi connectivity index (χ1) is 15.2. The molecule has 0 bridgehead atoms. The number of hydrogen-bond acceptors (Lipinski definition) is 4. The molecule has 7 heteroatoms. The molecule has 0 saturated carbocycles. The molecule has 1 fully saturated rings. The molecule has 1 aromatic carbocycles. The number of carbonyl (C=O) groups is 1. The number of pyridine rings is 1. The van der Waals surface area contributed by atoms with Crippen LogP contribution in [0.1, 0.15) is 28.8 Å². The molecular weight excluding hydrogens is 388 g/mol. The molecule has 4 heterocycles. The molecule has 7 nitrogen and oxygen atoms in total. The summed E-state index contributed by atoms with van der Waals surface area (Å²) in [4.78, 5) is 19.4. The fourth-order valence-electron chi connectivity index (χ4n) is 4.25. The molecule has 0 radical (unpaired) electrons. The average molecular weight is 410 g/mol. The van der Waals surface area contributed by atoms with Crippen LogP contribution in [0.25, 0.3) is 22.3 Å². The summed E-state index contributed by atoms with van der Waals surface area (Å²) in [6.07, 6.45) is 7.67. The van der Waals surface area contributed by atoms with Crippen molar-refractivity contribution >= 4 is 16.9 Å². The van der Waals surface area contributed by atoms with E-state index in [9.17, 15) is 4.79 Å². The first-order valence-corrected chi connectivity index (χ1v) is 10.5. The zero-order chi connectivity index (χ0) is 21.2. The van der Waals surface area contributed by atoms with Crippen LogP contribution in [0.4, 0.5) is 0 Å². The molecule has 0 atom stereocenters.